The SMILES string of the molecule is COc1ccc(CN2C=CC=CN2)cc1. The van der Waals surface area contributed by atoms with Gasteiger partial charge in [-0.2, -0.15) is 0 Å². The van der Waals surface area contributed by atoms with E-state index >= 15 is 0 Å². The summed E-state index contributed by atoms with van der Waals surface area (Å²) in [5.74, 6) is 0.890. The first-order chi connectivity index (χ1) is 7.38. The van der Waals surface area contributed by atoms with E-state index in [0.717, 1.165) is 12.3 Å². The summed E-state index contributed by atoms with van der Waals surface area (Å²) < 4.78 is 5.10. The summed E-state index contributed by atoms with van der Waals surface area (Å²) in [4.78, 5) is 0. The number of nitrogens with zero attached hydrogens (tertiary/aromatic N) is 1. The Morgan fingerprint density at radius 1 is 1.20 bits per heavy atom. The van der Waals surface area contributed by atoms with Crippen LogP contribution >= 0.6 is 0 Å². The molecule has 78 valence electrons. The maximum absolute atomic E-state index is 5.10. The molecule has 0 radical (unpaired) electrons. The van der Waals surface area contributed by atoms with Gasteiger partial charge in [-0.25, -0.2) is 0 Å². The van der Waals surface area contributed by atoms with Crippen molar-refractivity contribution in [3.8, 4) is 5.75 Å². The van der Waals surface area contributed by atoms with Crippen molar-refractivity contribution >= 4 is 0 Å². The Hall–Kier alpha value is -1.90. The molecular weight excluding hydrogens is 188 g/mol. The number of hydrogen-bond acceptors (Lipinski definition) is 3. The van der Waals surface area contributed by atoms with Crippen molar-refractivity contribution in [3.05, 3.63) is 54.4 Å². The van der Waals surface area contributed by atoms with Crippen molar-refractivity contribution < 1.29 is 4.74 Å². The lowest BCUT2D eigenvalue weighted by Crippen LogP contribution is -2.29. The van der Waals surface area contributed by atoms with Crippen LogP contribution in [0.1, 0.15) is 5.56 Å². The smallest absolute Gasteiger partial charge is 0.118 e. The molecule has 0 unspecified atom stereocenters. The van der Waals surface area contributed by atoms with Crippen LogP contribution in [0.15, 0.2) is 48.8 Å². The van der Waals surface area contributed by atoms with Gasteiger partial charge in [-0.3, -0.25) is 5.01 Å². The molecule has 3 nitrogen and oxygen atoms in total. The molecule has 1 heterocycles. The Balaban J connectivity index is 1.98. The number of rotatable bonds is 3. The number of hydrazine groups is 1. The molecule has 0 saturated carbocycles. The lowest BCUT2D eigenvalue weighted by molar-refractivity contribution is 0.304. The van der Waals surface area contributed by atoms with E-state index in [2.05, 4.69) is 17.6 Å². The first-order valence-electron chi connectivity index (χ1n) is 4.87. The fraction of sp³-hybridized carbons (Fsp3) is 0.167. The van der Waals surface area contributed by atoms with Gasteiger partial charge < -0.3 is 10.2 Å². The summed E-state index contributed by atoms with van der Waals surface area (Å²) in [6, 6.07) is 8.07. The number of ether oxygens (including phenoxy) is 1. The van der Waals surface area contributed by atoms with Crippen molar-refractivity contribution in [3.63, 3.8) is 0 Å². The van der Waals surface area contributed by atoms with Gasteiger partial charge >= 0.3 is 0 Å². The molecule has 0 spiro atoms. The summed E-state index contributed by atoms with van der Waals surface area (Å²) in [5, 5.41) is 2.02. The molecule has 0 aliphatic carbocycles. The maximum atomic E-state index is 5.10. The molecule has 1 aromatic rings. The van der Waals surface area contributed by atoms with Crippen LogP contribution in [0.2, 0.25) is 0 Å². The van der Waals surface area contributed by atoms with Gasteiger partial charge in [0.15, 0.2) is 0 Å². The highest BCUT2D eigenvalue weighted by molar-refractivity contribution is 5.27. The highest BCUT2D eigenvalue weighted by Crippen LogP contribution is 2.12. The van der Waals surface area contributed by atoms with Crippen LogP contribution in [0, 0.1) is 0 Å². The van der Waals surface area contributed by atoms with Crippen LogP contribution in [0.5, 0.6) is 5.75 Å². The van der Waals surface area contributed by atoms with E-state index in [1.165, 1.54) is 5.56 Å². The minimum absolute atomic E-state index is 0.838. The average Bonchev–Trinajstić information content (AvgIpc) is 2.31. The standard InChI is InChI=1S/C12H14N2O/c1-15-12-6-4-11(5-7-12)10-14-9-3-2-8-13-14/h2-9,13H,10H2,1H3. The maximum Gasteiger partial charge on any atom is 0.118 e. The lowest BCUT2D eigenvalue weighted by Gasteiger charge is -2.22. The second-order valence-corrected chi connectivity index (χ2v) is 3.31. The molecule has 0 aromatic heterocycles. The molecule has 2 rings (SSSR count). The minimum atomic E-state index is 0.838. The minimum Gasteiger partial charge on any atom is -0.497 e. The van der Waals surface area contributed by atoms with Gasteiger partial charge in [0.2, 0.25) is 0 Å². The molecule has 0 amide bonds. The largest absolute Gasteiger partial charge is 0.497 e. The van der Waals surface area contributed by atoms with Crippen LogP contribution in [0.4, 0.5) is 0 Å². The molecule has 3 heteroatoms. The summed E-state index contributed by atoms with van der Waals surface area (Å²) in [6.07, 6.45) is 7.87. The van der Waals surface area contributed by atoms with E-state index in [9.17, 15) is 0 Å². The summed E-state index contributed by atoms with van der Waals surface area (Å²) >= 11 is 0. The fourth-order valence-electron chi connectivity index (χ4n) is 1.42. The quantitative estimate of drug-likeness (QED) is 0.811. The van der Waals surface area contributed by atoms with Gasteiger partial charge in [-0.1, -0.05) is 12.1 Å². The van der Waals surface area contributed by atoms with Crippen LogP contribution < -0.4 is 10.2 Å². The molecular formula is C12H14N2O. The van der Waals surface area contributed by atoms with Gasteiger partial charge in [0.25, 0.3) is 0 Å². The van der Waals surface area contributed by atoms with E-state index in [1.807, 2.05) is 41.7 Å². The van der Waals surface area contributed by atoms with Gasteiger partial charge in [-0.15, -0.1) is 0 Å². The molecule has 1 aliphatic heterocycles. The molecule has 1 aromatic carbocycles. The topological polar surface area (TPSA) is 24.5 Å². The second kappa shape index (κ2) is 4.55. The Labute approximate surface area is 89.6 Å². The zero-order valence-electron chi connectivity index (χ0n) is 8.68. The van der Waals surface area contributed by atoms with Crippen molar-refractivity contribution in [2.24, 2.45) is 0 Å². The Bertz CT molecular complexity index is 368. The van der Waals surface area contributed by atoms with Crippen molar-refractivity contribution in [1.29, 1.82) is 0 Å². The van der Waals surface area contributed by atoms with Crippen molar-refractivity contribution in [2.45, 2.75) is 6.54 Å². The number of methoxy groups -OCH3 is 1. The van der Waals surface area contributed by atoms with Crippen LogP contribution in [0.25, 0.3) is 0 Å². The summed E-state index contributed by atoms with van der Waals surface area (Å²) in [7, 11) is 1.68. The second-order valence-electron chi connectivity index (χ2n) is 3.31. The fourth-order valence-corrected chi connectivity index (χ4v) is 1.42. The summed E-state index contributed by atoms with van der Waals surface area (Å²) in [6.45, 7) is 0.838. The third kappa shape index (κ3) is 2.53. The van der Waals surface area contributed by atoms with Crippen LogP contribution in [-0.4, -0.2) is 12.1 Å². The molecule has 0 fully saturated rings. The van der Waals surface area contributed by atoms with Gasteiger partial charge in [-0.05, 0) is 29.8 Å². The molecule has 0 atom stereocenters. The highest BCUT2D eigenvalue weighted by Gasteiger charge is 2.00. The average molecular weight is 202 g/mol. The third-order valence-electron chi connectivity index (χ3n) is 2.23. The number of hydrogen-bond donors (Lipinski definition) is 1. The molecule has 1 aliphatic rings. The Morgan fingerprint density at radius 3 is 2.60 bits per heavy atom. The predicted molar refractivity (Wildman–Crippen MR) is 60.0 cm³/mol. The van der Waals surface area contributed by atoms with E-state index in [0.29, 0.717) is 0 Å². The zero-order valence-corrected chi connectivity index (χ0v) is 8.68. The Morgan fingerprint density at radius 2 is 2.00 bits per heavy atom. The monoisotopic (exact) mass is 202 g/mol. The normalized spacial score (nSPS) is 13.8. The van der Waals surface area contributed by atoms with Crippen molar-refractivity contribution in [1.82, 2.24) is 10.4 Å². The zero-order chi connectivity index (χ0) is 10.5. The van der Waals surface area contributed by atoms with Crippen LogP contribution in [-0.2, 0) is 6.54 Å². The molecule has 0 saturated heterocycles. The van der Waals surface area contributed by atoms with Crippen molar-refractivity contribution in [2.75, 3.05) is 7.11 Å². The highest BCUT2D eigenvalue weighted by atomic mass is 16.5. The first kappa shape index (κ1) is 9.65. The molecule has 15 heavy (non-hydrogen) atoms. The lowest BCUT2D eigenvalue weighted by atomic mass is 10.2. The number of benzene rings is 1. The van der Waals surface area contributed by atoms with Gasteiger partial charge in [0, 0.05) is 12.4 Å². The predicted octanol–water partition coefficient (Wildman–Crippen LogP) is 2.04. The molecule has 0 bridgehead atoms. The van der Waals surface area contributed by atoms with Gasteiger partial charge in [0.05, 0.1) is 13.7 Å². The first-order valence-corrected chi connectivity index (χ1v) is 4.87. The third-order valence-corrected chi connectivity index (χ3v) is 2.23. The molecule has 1 N–H and O–H groups in total. The summed E-state index contributed by atoms with van der Waals surface area (Å²) in [5.41, 5.74) is 4.37. The van der Waals surface area contributed by atoms with Crippen LogP contribution in [0.3, 0.4) is 0 Å². The number of nitrogens with one attached hydrogen (secondary N) is 1. The Kier molecular flexibility index (Phi) is 2.93. The van der Waals surface area contributed by atoms with E-state index in [4.69, 9.17) is 4.74 Å². The van der Waals surface area contributed by atoms with E-state index in [-0.39, 0.29) is 0 Å². The van der Waals surface area contributed by atoms with E-state index in [1.54, 1.807) is 7.11 Å². The number of allylic oxidation sites excluding steroid dienone is 2. The van der Waals surface area contributed by atoms with E-state index < -0.39 is 0 Å². The van der Waals surface area contributed by atoms with Gasteiger partial charge in [0.1, 0.15) is 5.75 Å².